The number of aromatic nitrogens is 1. The van der Waals surface area contributed by atoms with Crippen LogP contribution in [0.4, 0.5) is 5.69 Å². The predicted octanol–water partition coefficient (Wildman–Crippen LogP) is 7.35. The van der Waals surface area contributed by atoms with Crippen LogP contribution in [0.1, 0.15) is 51.8 Å². The van der Waals surface area contributed by atoms with Crippen molar-refractivity contribution in [1.82, 2.24) is 9.80 Å². The van der Waals surface area contributed by atoms with Gasteiger partial charge in [-0.05, 0) is 99.7 Å². The third-order valence-electron chi connectivity index (χ3n) is 8.86. The summed E-state index contributed by atoms with van der Waals surface area (Å²) in [5, 5.41) is 18.9. The number of allylic oxidation sites excluding steroid dienone is 9. The topological polar surface area (TPSA) is 54.1 Å². The third-order valence-corrected chi connectivity index (χ3v) is 11.2. The van der Waals surface area contributed by atoms with Crippen molar-refractivity contribution in [3.63, 3.8) is 0 Å². The summed E-state index contributed by atoms with van der Waals surface area (Å²) >= 11 is 0. The standard InChI is InChI=1S/C40H55N4O2S2/c1-5-41(37-17-13-35(14-18-37)31-33(3)39-11-7-9-21-43(39)23-27-45)25-29-47-48-30-26-42(6-2)38-19-15-36(16-20-38)32-34(4)40-12-8-10-22-44(40)24-28-46/h7-15,17-19,22,31-32,45-46H,5-6,16,20-21,23-30H2,1-4H3/q+1/b33-31+. The predicted molar refractivity (Wildman–Crippen MR) is 209 cm³/mol. The molecule has 2 aromatic rings. The fourth-order valence-corrected chi connectivity index (χ4v) is 8.25. The third kappa shape index (κ3) is 11.2. The summed E-state index contributed by atoms with van der Waals surface area (Å²) in [5.74, 6) is 2.20. The van der Waals surface area contributed by atoms with Crippen molar-refractivity contribution in [2.24, 2.45) is 0 Å². The van der Waals surface area contributed by atoms with E-state index in [0.717, 1.165) is 62.8 Å². The second-order valence-electron chi connectivity index (χ2n) is 12.1. The van der Waals surface area contributed by atoms with E-state index in [1.807, 2.05) is 33.9 Å². The van der Waals surface area contributed by atoms with Gasteiger partial charge in [0.25, 0.3) is 0 Å². The SMILES string of the molecule is CCN(CCSSCCN(CC)c1ccc(/C=C(\C)C2=CC=CCN2CCO)cc1)C1=CC=C(/C=C(\C)c2cccc[n+]2CCO)CC1. The lowest BCUT2D eigenvalue weighted by Crippen LogP contribution is -2.38. The van der Waals surface area contributed by atoms with Crippen molar-refractivity contribution < 1.29 is 14.8 Å². The molecule has 0 fully saturated rings. The summed E-state index contributed by atoms with van der Waals surface area (Å²) in [5.41, 5.74) is 10.0. The van der Waals surface area contributed by atoms with Gasteiger partial charge in [0, 0.05) is 85.6 Å². The van der Waals surface area contributed by atoms with Gasteiger partial charge in [0.1, 0.15) is 6.61 Å². The fraction of sp³-hybridized carbons (Fsp3) is 0.425. The molecule has 0 bridgehead atoms. The second-order valence-corrected chi connectivity index (χ2v) is 14.8. The Kier molecular flexibility index (Phi) is 16.0. The molecule has 48 heavy (non-hydrogen) atoms. The van der Waals surface area contributed by atoms with E-state index in [1.165, 1.54) is 39.4 Å². The first-order chi connectivity index (χ1) is 23.5. The molecular formula is C40H55N4O2S2+. The average Bonchev–Trinajstić information content (AvgIpc) is 3.11. The first-order valence-corrected chi connectivity index (χ1v) is 19.9. The molecule has 2 aliphatic rings. The number of benzene rings is 1. The highest BCUT2D eigenvalue weighted by Gasteiger charge is 2.15. The molecule has 0 spiro atoms. The lowest BCUT2D eigenvalue weighted by atomic mass is 9.98. The van der Waals surface area contributed by atoms with E-state index in [2.05, 4.69) is 126 Å². The van der Waals surface area contributed by atoms with Crippen molar-refractivity contribution in [3.8, 4) is 0 Å². The molecule has 0 amide bonds. The molecule has 1 aliphatic heterocycles. The van der Waals surface area contributed by atoms with Crippen LogP contribution in [-0.2, 0) is 6.54 Å². The van der Waals surface area contributed by atoms with Gasteiger partial charge in [0.05, 0.1) is 6.61 Å². The molecule has 2 N–H and O–H groups in total. The molecule has 2 heterocycles. The quantitative estimate of drug-likeness (QED) is 0.0910. The van der Waals surface area contributed by atoms with Crippen LogP contribution in [0.2, 0.25) is 0 Å². The zero-order valence-electron chi connectivity index (χ0n) is 29.4. The van der Waals surface area contributed by atoms with Crippen LogP contribution in [0.25, 0.3) is 11.6 Å². The van der Waals surface area contributed by atoms with Gasteiger partial charge in [-0.3, -0.25) is 0 Å². The van der Waals surface area contributed by atoms with Gasteiger partial charge < -0.3 is 24.9 Å². The highest BCUT2D eigenvalue weighted by molar-refractivity contribution is 8.76. The van der Waals surface area contributed by atoms with Crippen LogP contribution in [0.5, 0.6) is 0 Å². The number of aliphatic hydroxyl groups excluding tert-OH is 2. The summed E-state index contributed by atoms with van der Waals surface area (Å²) < 4.78 is 2.12. The van der Waals surface area contributed by atoms with Gasteiger partial charge in [-0.15, -0.1) is 0 Å². The van der Waals surface area contributed by atoms with Crippen LogP contribution in [0.15, 0.2) is 108 Å². The van der Waals surface area contributed by atoms with E-state index in [1.54, 1.807) is 0 Å². The number of hydrogen-bond donors (Lipinski definition) is 2. The summed E-state index contributed by atoms with van der Waals surface area (Å²) in [6.45, 7) is 15.3. The van der Waals surface area contributed by atoms with E-state index < -0.39 is 0 Å². The minimum atomic E-state index is 0.141. The summed E-state index contributed by atoms with van der Waals surface area (Å²) in [7, 11) is 3.97. The molecular weight excluding hydrogens is 633 g/mol. The molecule has 0 atom stereocenters. The number of aliphatic hydroxyl groups is 2. The molecule has 258 valence electrons. The van der Waals surface area contributed by atoms with Crippen molar-refractivity contribution in [2.75, 3.05) is 68.9 Å². The summed E-state index contributed by atoms with van der Waals surface area (Å²) in [4.78, 5) is 7.21. The normalized spacial score (nSPS) is 15.3. The number of β-amino-alcohol motifs (C(OH)–C–C–N with tert-alkyl or cyclic N) is 1. The Bertz CT molecular complexity index is 1490. The number of nitrogens with zero attached hydrogens (tertiary/aromatic N) is 4. The molecule has 1 aromatic heterocycles. The van der Waals surface area contributed by atoms with Gasteiger partial charge in [0.15, 0.2) is 12.7 Å². The number of pyridine rings is 1. The Balaban J connectivity index is 1.21. The number of rotatable bonds is 19. The van der Waals surface area contributed by atoms with E-state index in [4.69, 9.17) is 0 Å². The smallest absolute Gasteiger partial charge is 0.208 e. The van der Waals surface area contributed by atoms with Gasteiger partial charge in [0.2, 0.25) is 5.69 Å². The maximum absolute atomic E-state index is 9.44. The van der Waals surface area contributed by atoms with Crippen LogP contribution in [0, 0.1) is 0 Å². The molecule has 8 heteroatoms. The molecule has 0 saturated carbocycles. The largest absolute Gasteiger partial charge is 0.395 e. The van der Waals surface area contributed by atoms with Crippen LogP contribution in [0.3, 0.4) is 0 Å². The lowest BCUT2D eigenvalue weighted by Gasteiger charge is -2.28. The van der Waals surface area contributed by atoms with Crippen molar-refractivity contribution >= 4 is 38.9 Å². The maximum Gasteiger partial charge on any atom is 0.208 e. The van der Waals surface area contributed by atoms with Crippen LogP contribution >= 0.6 is 21.6 Å². The Hall–Kier alpha value is -3.17. The molecule has 1 aliphatic carbocycles. The first kappa shape index (κ1) is 37.6. The van der Waals surface area contributed by atoms with E-state index in [9.17, 15) is 10.2 Å². The van der Waals surface area contributed by atoms with Gasteiger partial charge in [-0.1, -0.05) is 51.9 Å². The van der Waals surface area contributed by atoms with Crippen molar-refractivity contribution in [2.45, 2.75) is 47.1 Å². The maximum atomic E-state index is 9.44. The van der Waals surface area contributed by atoms with Crippen LogP contribution in [-0.4, -0.2) is 84.0 Å². The average molecular weight is 688 g/mol. The highest BCUT2D eigenvalue weighted by atomic mass is 33.1. The lowest BCUT2D eigenvalue weighted by molar-refractivity contribution is -0.700. The van der Waals surface area contributed by atoms with Gasteiger partial charge >= 0.3 is 0 Å². The minimum absolute atomic E-state index is 0.141. The first-order valence-electron chi connectivity index (χ1n) is 17.4. The van der Waals surface area contributed by atoms with Crippen LogP contribution < -0.4 is 9.47 Å². The summed E-state index contributed by atoms with van der Waals surface area (Å²) in [6, 6.07) is 15.1. The van der Waals surface area contributed by atoms with E-state index >= 15 is 0 Å². The summed E-state index contributed by atoms with van der Waals surface area (Å²) in [6.07, 6.45) is 19.7. The Morgan fingerprint density at radius 3 is 2.27 bits per heavy atom. The van der Waals surface area contributed by atoms with Crippen molar-refractivity contribution in [1.29, 1.82) is 0 Å². The monoisotopic (exact) mass is 687 g/mol. The molecule has 1 aromatic carbocycles. The fourth-order valence-electron chi connectivity index (χ4n) is 6.27. The van der Waals surface area contributed by atoms with E-state index in [-0.39, 0.29) is 13.2 Å². The highest BCUT2D eigenvalue weighted by Crippen LogP contribution is 2.28. The van der Waals surface area contributed by atoms with E-state index in [0.29, 0.717) is 13.1 Å². The van der Waals surface area contributed by atoms with Crippen molar-refractivity contribution in [3.05, 3.63) is 119 Å². The number of hydrogen-bond acceptors (Lipinski definition) is 7. The molecule has 0 saturated heterocycles. The minimum Gasteiger partial charge on any atom is -0.395 e. The van der Waals surface area contributed by atoms with Gasteiger partial charge in [-0.25, -0.2) is 0 Å². The van der Waals surface area contributed by atoms with Gasteiger partial charge in [-0.2, -0.15) is 4.57 Å². The second kappa shape index (κ2) is 20.4. The number of anilines is 1. The Morgan fingerprint density at radius 1 is 0.854 bits per heavy atom. The zero-order valence-corrected chi connectivity index (χ0v) is 31.0. The zero-order chi connectivity index (χ0) is 34.1. The molecule has 0 unspecified atom stereocenters. The molecule has 4 rings (SSSR count). The molecule has 0 radical (unpaired) electrons. The Labute approximate surface area is 297 Å². The Morgan fingerprint density at radius 2 is 1.60 bits per heavy atom. The molecule has 6 nitrogen and oxygen atoms in total.